The molecule has 0 aliphatic carbocycles. The van der Waals surface area contributed by atoms with E-state index in [4.69, 9.17) is 0 Å². The number of sulfone groups is 1. The maximum atomic E-state index is 11.6. The van der Waals surface area contributed by atoms with Crippen LogP contribution >= 0.6 is 0 Å². The topological polar surface area (TPSA) is 62.8 Å². The number of rotatable bonds is 2. The average molecular weight is 300 g/mol. The first-order chi connectivity index (χ1) is 9.84. The van der Waals surface area contributed by atoms with Crippen molar-refractivity contribution in [3.63, 3.8) is 0 Å². The van der Waals surface area contributed by atoms with Crippen molar-refractivity contribution in [2.45, 2.75) is 18.7 Å². The first-order valence-electron chi connectivity index (χ1n) is 6.62. The number of aromatic nitrogens is 2. The molecule has 0 aliphatic heterocycles. The smallest absolute Gasteiger partial charge is 0.175 e. The van der Waals surface area contributed by atoms with Crippen molar-refractivity contribution >= 4 is 20.9 Å². The highest BCUT2D eigenvalue weighted by atomic mass is 32.2. The van der Waals surface area contributed by atoms with Gasteiger partial charge in [0.25, 0.3) is 0 Å². The van der Waals surface area contributed by atoms with Crippen molar-refractivity contribution in [2.24, 2.45) is 0 Å². The molecule has 5 heteroatoms. The zero-order valence-electron chi connectivity index (χ0n) is 12.1. The van der Waals surface area contributed by atoms with Crippen LogP contribution in [0.3, 0.4) is 0 Å². The summed E-state index contributed by atoms with van der Waals surface area (Å²) in [6.07, 6.45) is 1.20. The van der Waals surface area contributed by atoms with Gasteiger partial charge in [-0.2, -0.15) is 0 Å². The summed E-state index contributed by atoms with van der Waals surface area (Å²) >= 11 is 0. The Bertz CT molecular complexity index is 940. The van der Waals surface area contributed by atoms with Gasteiger partial charge >= 0.3 is 0 Å². The van der Waals surface area contributed by atoms with Gasteiger partial charge in [-0.25, -0.2) is 13.4 Å². The fourth-order valence-electron chi connectivity index (χ4n) is 2.34. The van der Waals surface area contributed by atoms with E-state index in [1.54, 1.807) is 18.2 Å². The van der Waals surface area contributed by atoms with E-state index in [9.17, 15) is 8.42 Å². The summed E-state index contributed by atoms with van der Waals surface area (Å²) in [7, 11) is -3.21. The lowest BCUT2D eigenvalue weighted by atomic mass is 10.1. The fourth-order valence-corrected chi connectivity index (χ4v) is 2.99. The molecule has 2 aromatic carbocycles. The fraction of sp³-hybridized carbons (Fsp3) is 0.188. The number of H-pyrrole nitrogens is 1. The Morgan fingerprint density at radius 2 is 1.81 bits per heavy atom. The van der Waals surface area contributed by atoms with Gasteiger partial charge in [0.2, 0.25) is 0 Å². The molecule has 0 bridgehead atoms. The van der Waals surface area contributed by atoms with Crippen LogP contribution in [0.15, 0.2) is 41.3 Å². The predicted octanol–water partition coefficient (Wildman–Crippen LogP) is 3.25. The molecule has 0 amide bonds. The number of aromatic amines is 1. The molecule has 0 atom stereocenters. The standard InChI is InChI=1S/C16H16N2O2S/c1-10-4-5-11(2)13(8-10)16-17-14-7-6-12(21(3,19)20)9-15(14)18-16/h4-9H,1-3H3,(H,17,18). The van der Waals surface area contributed by atoms with Gasteiger partial charge in [0, 0.05) is 11.8 Å². The second kappa shape index (κ2) is 4.70. The van der Waals surface area contributed by atoms with Crippen molar-refractivity contribution in [2.75, 3.05) is 6.26 Å². The first kappa shape index (κ1) is 13.8. The van der Waals surface area contributed by atoms with Gasteiger partial charge < -0.3 is 4.98 Å². The van der Waals surface area contributed by atoms with Gasteiger partial charge in [0.15, 0.2) is 9.84 Å². The molecule has 3 rings (SSSR count). The third kappa shape index (κ3) is 2.56. The third-order valence-corrected chi connectivity index (χ3v) is 4.64. The lowest BCUT2D eigenvalue weighted by Gasteiger charge is -2.03. The predicted molar refractivity (Wildman–Crippen MR) is 84.1 cm³/mol. The second-order valence-corrected chi connectivity index (χ2v) is 7.37. The molecule has 21 heavy (non-hydrogen) atoms. The van der Waals surface area contributed by atoms with E-state index < -0.39 is 9.84 Å². The summed E-state index contributed by atoms with van der Waals surface area (Å²) in [5.74, 6) is 0.761. The summed E-state index contributed by atoms with van der Waals surface area (Å²) in [6, 6.07) is 11.1. The van der Waals surface area contributed by atoms with Crippen LogP contribution in [0.25, 0.3) is 22.4 Å². The van der Waals surface area contributed by atoms with Crippen molar-refractivity contribution in [3.05, 3.63) is 47.5 Å². The van der Waals surface area contributed by atoms with Crippen molar-refractivity contribution < 1.29 is 8.42 Å². The normalized spacial score (nSPS) is 12.0. The molecule has 0 aliphatic rings. The summed E-state index contributed by atoms with van der Waals surface area (Å²) in [4.78, 5) is 8.07. The molecule has 0 saturated carbocycles. The average Bonchev–Trinajstić information content (AvgIpc) is 2.83. The molecule has 0 spiro atoms. The van der Waals surface area contributed by atoms with E-state index in [2.05, 4.69) is 28.2 Å². The van der Waals surface area contributed by atoms with E-state index in [1.807, 2.05) is 13.8 Å². The summed E-state index contributed by atoms with van der Waals surface area (Å²) in [5, 5.41) is 0. The first-order valence-corrected chi connectivity index (χ1v) is 8.51. The molecular weight excluding hydrogens is 284 g/mol. The van der Waals surface area contributed by atoms with Crippen LogP contribution in [0.1, 0.15) is 11.1 Å². The number of imidazole rings is 1. The van der Waals surface area contributed by atoms with Crippen molar-refractivity contribution in [1.82, 2.24) is 9.97 Å². The summed E-state index contributed by atoms with van der Waals surface area (Å²) in [6.45, 7) is 4.07. The lowest BCUT2D eigenvalue weighted by Crippen LogP contribution is -1.96. The molecular formula is C16H16N2O2S. The number of hydrogen-bond acceptors (Lipinski definition) is 3. The van der Waals surface area contributed by atoms with E-state index in [1.165, 1.54) is 6.26 Å². The number of nitrogens with one attached hydrogen (secondary N) is 1. The molecule has 0 fully saturated rings. The third-order valence-electron chi connectivity index (χ3n) is 3.53. The van der Waals surface area contributed by atoms with Crippen LogP contribution in [0.2, 0.25) is 0 Å². The van der Waals surface area contributed by atoms with Crippen LogP contribution in [-0.4, -0.2) is 24.6 Å². The van der Waals surface area contributed by atoms with Crippen molar-refractivity contribution in [3.8, 4) is 11.4 Å². The molecule has 1 heterocycles. The highest BCUT2D eigenvalue weighted by Gasteiger charge is 2.12. The molecule has 0 saturated heterocycles. The number of nitrogens with zero attached hydrogens (tertiary/aromatic N) is 1. The van der Waals surface area contributed by atoms with Gasteiger partial charge in [-0.05, 0) is 43.7 Å². The SMILES string of the molecule is Cc1ccc(C)c(-c2nc3ccc(S(C)(=O)=O)cc3[nH]2)c1. The van der Waals surface area contributed by atoms with Crippen LogP contribution in [0.5, 0.6) is 0 Å². The Morgan fingerprint density at radius 1 is 1.05 bits per heavy atom. The van der Waals surface area contributed by atoms with Gasteiger partial charge in [-0.15, -0.1) is 0 Å². The highest BCUT2D eigenvalue weighted by molar-refractivity contribution is 7.90. The van der Waals surface area contributed by atoms with Gasteiger partial charge in [0.05, 0.1) is 15.9 Å². The Balaban J connectivity index is 2.20. The number of benzene rings is 2. The van der Waals surface area contributed by atoms with Crippen molar-refractivity contribution in [1.29, 1.82) is 0 Å². The van der Waals surface area contributed by atoms with Crippen LogP contribution < -0.4 is 0 Å². The minimum Gasteiger partial charge on any atom is -0.338 e. The maximum Gasteiger partial charge on any atom is 0.175 e. The lowest BCUT2D eigenvalue weighted by molar-refractivity contribution is 0.602. The molecule has 3 aromatic rings. The van der Waals surface area contributed by atoms with E-state index in [-0.39, 0.29) is 0 Å². The minimum absolute atomic E-state index is 0.297. The quantitative estimate of drug-likeness (QED) is 0.790. The van der Waals surface area contributed by atoms with E-state index >= 15 is 0 Å². The molecule has 108 valence electrons. The number of aryl methyl sites for hydroxylation is 2. The molecule has 0 unspecified atom stereocenters. The van der Waals surface area contributed by atoms with Crippen LogP contribution in [0.4, 0.5) is 0 Å². The number of hydrogen-bond donors (Lipinski definition) is 1. The monoisotopic (exact) mass is 300 g/mol. The van der Waals surface area contributed by atoms with Gasteiger partial charge in [-0.1, -0.05) is 17.7 Å². The maximum absolute atomic E-state index is 11.6. The van der Waals surface area contributed by atoms with Gasteiger partial charge in [0.1, 0.15) is 5.82 Å². The minimum atomic E-state index is -3.21. The van der Waals surface area contributed by atoms with Crippen LogP contribution in [0, 0.1) is 13.8 Å². The Hall–Kier alpha value is -2.14. The highest BCUT2D eigenvalue weighted by Crippen LogP contribution is 2.25. The zero-order chi connectivity index (χ0) is 15.2. The summed E-state index contributed by atoms with van der Waals surface area (Å²) < 4.78 is 23.2. The van der Waals surface area contributed by atoms with E-state index in [0.717, 1.165) is 33.5 Å². The van der Waals surface area contributed by atoms with E-state index in [0.29, 0.717) is 4.90 Å². The Morgan fingerprint density at radius 3 is 2.52 bits per heavy atom. The Labute approximate surface area is 123 Å². The summed E-state index contributed by atoms with van der Waals surface area (Å²) in [5.41, 5.74) is 4.81. The molecule has 1 aromatic heterocycles. The second-order valence-electron chi connectivity index (χ2n) is 5.35. The molecule has 0 radical (unpaired) electrons. The van der Waals surface area contributed by atoms with Gasteiger partial charge in [-0.3, -0.25) is 0 Å². The zero-order valence-corrected chi connectivity index (χ0v) is 13.0. The number of fused-ring (bicyclic) bond motifs is 1. The van der Waals surface area contributed by atoms with Crippen LogP contribution in [-0.2, 0) is 9.84 Å². The molecule has 4 nitrogen and oxygen atoms in total. The largest absolute Gasteiger partial charge is 0.338 e. The molecule has 1 N–H and O–H groups in total. The Kier molecular flexibility index (Phi) is 3.10.